The first kappa shape index (κ1) is 17.4. The van der Waals surface area contributed by atoms with Gasteiger partial charge in [-0.25, -0.2) is 0 Å². The molecule has 0 bridgehead atoms. The molecule has 0 saturated carbocycles. The van der Waals surface area contributed by atoms with Gasteiger partial charge >= 0.3 is 0 Å². The van der Waals surface area contributed by atoms with Gasteiger partial charge in [-0.15, -0.1) is 12.4 Å². The number of piperazine rings is 1. The van der Waals surface area contributed by atoms with E-state index in [-0.39, 0.29) is 24.9 Å². The van der Waals surface area contributed by atoms with E-state index >= 15 is 0 Å². The zero-order valence-corrected chi connectivity index (χ0v) is 13.4. The number of amides is 1. The molecule has 2 rings (SSSR count). The first-order valence-corrected chi connectivity index (χ1v) is 6.91. The number of ether oxygens (including phenoxy) is 1. The van der Waals surface area contributed by atoms with Crippen LogP contribution < -0.4 is 10.1 Å². The van der Waals surface area contributed by atoms with E-state index in [0.717, 1.165) is 6.54 Å². The lowest BCUT2D eigenvalue weighted by Crippen LogP contribution is -2.52. The minimum Gasteiger partial charge on any atom is -0.482 e. The maximum atomic E-state index is 12.0. The highest BCUT2D eigenvalue weighted by atomic mass is 35.5. The van der Waals surface area contributed by atoms with E-state index in [9.17, 15) is 4.79 Å². The topological polar surface area (TPSA) is 41.6 Å². The quantitative estimate of drug-likeness (QED) is 0.920. The van der Waals surface area contributed by atoms with Gasteiger partial charge in [-0.05, 0) is 19.1 Å². The number of hydrogen-bond acceptors (Lipinski definition) is 3. The maximum Gasteiger partial charge on any atom is 0.260 e. The number of rotatable bonds is 3. The van der Waals surface area contributed by atoms with Gasteiger partial charge in [-0.1, -0.05) is 23.2 Å². The highest BCUT2D eigenvalue weighted by Crippen LogP contribution is 2.27. The number of nitrogens with one attached hydrogen (secondary N) is 1. The zero-order valence-electron chi connectivity index (χ0n) is 11.1. The first-order chi connectivity index (χ1) is 9.06. The van der Waals surface area contributed by atoms with Gasteiger partial charge in [0.1, 0.15) is 5.75 Å². The molecule has 0 spiro atoms. The molecule has 1 heterocycles. The summed E-state index contributed by atoms with van der Waals surface area (Å²) in [7, 11) is 0. The molecule has 1 atom stereocenters. The number of benzene rings is 1. The Morgan fingerprint density at radius 2 is 2.25 bits per heavy atom. The summed E-state index contributed by atoms with van der Waals surface area (Å²) in [6.45, 7) is 4.24. The van der Waals surface area contributed by atoms with E-state index in [0.29, 0.717) is 34.9 Å². The summed E-state index contributed by atoms with van der Waals surface area (Å²) in [5.41, 5.74) is 0. The molecule has 0 aromatic heterocycles. The Kier molecular flexibility index (Phi) is 6.89. The SMILES string of the molecule is CC1CN(C(=O)COc2cc(Cl)ccc2Cl)CCN1.Cl. The standard InChI is InChI=1S/C13H16Cl2N2O2.ClH/c1-9-7-17(5-4-16-9)13(18)8-19-12-6-10(14)2-3-11(12)15;/h2-3,6,9,16H,4-5,7-8H2,1H3;1H. The molecule has 0 radical (unpaired) electrons. The molecule has 1 fully saturated rings. The van der Waals surface area contributed by atoms with Gasteiger partial charge in [0.05, 0.1) is 5.02 Å². The van der Waals surface area contributed by atoms with Crippen molar-refractivity contribution in [2.45, 2.75) is 13.0 Å². The molecular formula is C13H17Cl3N2O2. The molecule has 7 heteroatoms. The minimum absolute atomic E-state index is 0. The third-order valence-electron chi connectivity index (χ3n) is 2.97. The predicted octanol–water partition coefficient (Wildman–Crippen LogP) is 2.61. The second-order valence-corrected chi connectivity index (χ2v) is 5.40. The van der Waals surface area contributed by atoms with Crippen LogP contribution in [0.15, 0.2) is 18.2 Å². The van der Waals surface area contributed by atoms with Crippen LogP contribution >= 0.6 is 35.6 Å². The van der Waals surface area contributed by atoms with Gasteiger partial charge in [0.15, 0.2) is 6.61 Å². The first-order valence-electron chi connectivity index (χ1n) is 6.15. The van der Waals surface area contributed by atoms with Crippen molar-refractivity contribution in [3.8, 4) is 5.75 Å². The molecule has 4 nitrogen and oxygen atoms in total. The highest BCUT2D eigenvalue weighted by molar-refractivity contribution is 6.34. The van der Waals surface area contributed by atoms with Crippen LogP contribution in [0, 0.1) is 0 Å². The van der Waals surface area contributed by atoms with Crippen molar-refractivity contribution < 1.29 is 9.53 Å². The monoisotopic (exact) mass is 338 g/mol. The van der Waals surface area contributed by atoms with E-state index in [1.54, 1.807) is 23.1 Å². The van der Waals surface area contributed by atoms with Crippen LogP contribution in [0.25, 0.3) is 0 Å². The van der Waals surface area contributed by atoms with Crippen molar-refractivity contribution in [2.75, 3.05) is 26.2 Å². The average Bonchev–Trinajstić information content (AvgIpc) is 2.39. The summed E-state index contributed by atoms with van der Waals surface area (Å²) >= 11 is 11.8. The third kappa shape index (κ3) is 4.70. The van der Waals surface area contributed by atoms with E-state index < -0.39 is 0 Å². The summed E-state index contributed by atoms with van der Waals surface area (Å²) < 4.78 is 5.44. The van der Waals surface area contributed by atoms with Crippen LogP contribution in [0.2, 0.25) is 10.0 Å². The Balaban J connectivity index is 0.00000200. The van der Waals surface area contributed by atoms with Crippen molar-refractivity contribution in [1.82, 2.24) is 10.2 Å². The molecule has 1 N–H and O–H groups in total. The Bertz CT molecular complexity index is 471. The van der Waals surface area contributed by atoms with Crippen LogP contribution in [0.1, 0.15) is 6.92 Å². The van der Waals surface area contributed by atoms with E-state index in [2.05, 4.69) is 5.32 Å². The van der Waals surface area contributed by atoms with E-state index in [4.69, 9.17) is 27.9 Å². The lowest BCUT2D eigenvalue weighted by Gasteiger charge is -2.31. The van der Waals surface area contributed by atoms with Gasteiger partial charge in [0.2, 0.25) is 0 Å². The number of halogens is 3. The van der Waals surface area contributed by atoms with Crippen LogP contribution in [-0.2, 0) is 4.79 Å². The summed E-state index contributed by atoms with van der Waals surface area (Å²) in [5, 5.41) is 4.26. The molecule has 1 amide bonds. The molecule has 1 aliphatic heterocycles. The molecule has 1 unspecified atom stereocenters. The van der Waals surface area contributed by atoms with Crippen molar-refractivity contribution in [3.63, 3.8) is 0 Å². The molecule has 112 valence electrons. The normalized spacial score (nSPS) is 18.4. The fraction of sp³-hybridized carbons (Fsp3) is 0.462. The Labute approximate surface area is 134 Å². The summed E-state index contributed by atoms with van der Waals surface area (Å²) in [6.07, 6.45) is 0. The molecular weight excluding hydrogens is 323 g/mol. The average molecular weight is 340 g/mol. The summed E-state index contributed by atoms with van der Waals surface area (Å²) in [5.74, 6) is 0.398. The third-order valence-corrected chi connectivity index (χ3v) is 3.51. The highest BCUT2D eigenvalue weighted by Gasteiger charge is 2.20. The van der Waals surface area contributed by atoms with Crippen LogP contribution in [0.5, 0.6) is 5.75 Å². The van der Waals surface area contributed by atoms with E-state index in [1.165, 1.54) is 0 Å². The van der Waals surface area contributed by atoms with E-state index in [1.807, 2.05) is 6.92 Å². The summed E-state index contributed by atoms with van der Waals surface area (Å²) in [6, 6.07) is 5.25. The van der Waals surface area contributed by atoms with Crippen molar-refractivity contribution in [1.29, 1.82) is 0 Å². The molecule has 20 heavy (non-hydrogen) atoms. The second kappa shape index (κ2) is 7.93. The minimum atomic E-state index is -0.0376. The van der Waals surface area contributed by atoms with Crippen molar-refractivity contribution in [2.24, 2.45) is 0 Å². The zero-order chi connectivity index (χ0) is 13.8. The van der Waals surface area contributed by atoms with Crippen LogP contribution in [0.3, 0.4) is 0 Å². The molecule has 1 saturated heterocycles. The number of carbonyl (C=O) groups excluding carboxylic acids is 1. The fourth-order valence-corrected chi connectivity index (χ4v) is 2.31. The van der Waals surface area contributed by atoms with Crippen molar-refractivity contribution >= 4 is 41.5 Å². The Hall–Kier alpha value is -0.680. The summed E-state index contributed by atoms with van der Waals surface area (Å²) in [4.78, 5) is 13.8. The lowest BCUT2D eigenvalue weighted by molar-refractivity contribution is -0.134. The Morgan fingerprint density at radius 1 is 1.50 bits per heavy atom. The van der Waals surface area contributed by atoms with Crippen LogP contribution in [-0.4, -0.2) is 43.1 Å². The molecule has 0 aliphatic carbocycles. The number of nitrogens with zero attached hydrogens (tertiary/aromatic N) is 1. The van der Waals surface area contributed by atoms with Crippen LogP contribution in [0.4, 0.5) is 0 Å². The fourth-order valence-electron chi connectivity index (χ4n) is 1.98. The molecule has 1 aromatic carbocycles. The van der Waals surface area contributed by atoms with Gasteiger partial charge in [0.25, 0.3) is 5.91 Å². The maximum absolute atomic E-state index is 12.0. The van der Waals surface area contributed by atoms with Gasteiger partial charge in [-0.3, -0.25) is 4.79 Å². The second-order valence-electron chi connectivity index (χ2n) is 4.56. The molecule has 1 aromatic rings. The van der Waals surface area contributed by atoms with Gasteiger partial charge in [-0.2, -0.15) is 0 Å². The number of carbonyl (C=O) groups is 1. The van der Waals surface area contributed by atoms with Gasteiger partial charge in [0, 0.05) is 36.8 Å². The smallest absolute Gasteiger partial charge is 0.260 e. The largest absolute Gasteiger partial charge is 0.482 e. The lowest BCUT2D eigenvalue weighted by atomic mass is 10.2. The van der Waals surface area contributed by atoms with Gasteiger partial charge < -0.3 is 15.0 Å². The predicted molar refractivity (Wildman–Crippen MR) is 83.2 cm³/mol. The van der Waals surface area contributed by atoms with Crippen molar-refractivity contribution in [3.05, 3.63) is 28.2 Å². The number of hydrogen-bond donors (Lipinski definition) is 1. The molecule has 1 aliphatic rings. The Morgan fingerprint density at radius 3 is 2.95 bits per heavy atom.